The molecule has 1 heterocycles. The number of carbonyl (C=O) groups is 1. The van der Waals surface area contributed by atoms with Gasteiger partial charge in [0.25, 0.3) is 0 Å². The number of nitrogens with one attached hydrogen (secondary N) is 1. The number of hydrogen-bond acceptors (Lipinski definition) is 4. The predicted octanol–water partition coefficient (Wildman–Crippen LogP) is 2.10. The molecule has 2 rings (SSSR count). The molecule has 1 aromatic carbocycles. The second kappa shape index (κ2) is 7.95. The Morgan fingerprint density at radius 1 is 1.55 bits per heavy atom. The minimum absolute atomic E-state index is 0.0443. The van der Waals surface area contributed by atoms with Crippen molar-refractivity contribution in [3.8, 4) is 5.75 Å². The number of hydrogen-bond donors (Lipinski definition) is 1. The second-order valence-corrected chi connectivity index (χ2v) is 4.85. The Morgan fingerprint density at radius 3 is 3.09 bits per heavy atom. The zero-order valence-electron chi connectivity index (χ0n) is 12.8. The molecule has 0 aromatic heterocycles. The number of ether oxygens (including phenoxy) is 3. The van der Waals surface area contributed by atoms with Gasteiger partial charge in [0.1, 0.15) is 11.4 Å². The van der Waals surface area contributed by atoms with Gasteiger partial charge in [-0.15, -0.1) is 0 Å². The van der Waals surface area contributed by atoms with Gasteiger partial charge >= 0.3 is 6.03 Å². The van der Waals surface area contributed by atoms with E-state index in [1.165, 1.54) is 19.2 Å². The van der Waals surface area contributed by atoms with E-state index in [1.54, 1.807) is 11.0 Å². The maximum Gasteiger partial charge on any atom is 0.322 e. The van der Waals surface area contributed by atoms with Crippen LogP contribution in [0.4, 0.5) is 14.9 Å². The Balaban J connectivity index is 2.00. The number of amides is 2. The standard InChI is InChI=1S/C15H21FN2O4/c1-3-21-10-11-9-18(7-8-22-11)15(19)17-14-12(16)5-4-6-13(14)20-2/h4-6,11H,3,7-10H2,1-2H3,(H,17,19). The smallest absolute Gasteiger partial charge is 0.322 e. The molecule has 0 saturated carbocycles. The fraction of sp³-hybridized carbons (Fsp3) is 0.533. The van der Waals surface area contributed by atoms with Crippen LogP contribution in [0.5, 0.6) is 5.75 Å². The van der Waals surface area contributed by atoms with Crippen LogP contribution in [-0.4, -0.2) is 57.1 Å². The summed E-state index contributed by atoms with van der Waals surface area (Å²) < 4.78 is 29.8. The molecule has 2 amide bonds. The molecule has 1 fully saturated rings. The Hall–Kier alpha value is -1.86. The van der Waals surface area contributed by atoms with Gasteiger partial charge in [-0.25, -0.2) is 9.18 Å². The summed E-state index contributed by atoms with van der Waals surface area (Å²) in [5, 5.41) is 2.57. The summed E-state index contributed by atoms with van der Waals surface area (Å²) >= 11 is 0. The van der Waals surface area contributed by atoms with Crippen LogP contribution in [0.2, 0.25) is 0 Å². The number of benzene rings is 1. The van der Waals surface area contributed by atoms with E-state index >= 15 is 0 Å². The lowest BCUT2D eigenvalue weighted by Gasteiger charge is -2.32. The van der Waals surface area contributed by atoms with E-state index in [1.807, 2.05) is 6.92 Å². The molecule has 0 spiro atoms. The molecule has 22 heavy (non-hydrogen) atoms. The summed E-state index contributed by atoms with van der Waals surface area (Å²) in [6, 6.07) is 4.01. The van der Waals surface area contributed by atoms with Gasteiger partial charge in [0.05, 0.1) is 33.0 Å². The van der Waals surface area contributed by atoms with Crippen molar-refractivity contribution < 1.29 is 23.4 Å². The molecular formula is C15H21FN2O4. The first-order valence-corrected chi connectivity index (χ1v) is 7.23. The molecule has 0 bridgehead atoms. The number of rotatable bonds is 5. The lowest BCUT2D eigenvalue weighted by atomic mass is 10.2. The molecule has 7 heteroatoms. The molecule has 1 saturated heterocycles. The summed E-state index contributed by atoms with van der Waals surface area (Å²) in [5.41, 5.74) is 0.0443. The molecule has 1 atom stereocenters. The molecule has 1 aliphatic heterocycles. The van der Waals surface area contributed by atoms with Crippen molar-refractivity contribution in [2.45, 2.75) is 13.0 Å². The highest BCUT2D eigenvalue weighted by Gasteiger charge is 2.25. The summed E-state index contributed by atoms with van der Waals surface area (Å²) in [6.45, 7) is 4.22. The molecule has 1 unspecified atom stereocenters. The Labute approximate surface area is 129 Å². The number of para-hydroxylation sites is 1. The van der Waals surface area contributed by atoms with Crippen LogP contribution in [-0.2, 0) is 9.47 Å². The van der Waals surface area contributed by atoms with Gasteiger partial charge in [-0.1, -0.05) is 6.07 Å². The third-order valence-corrected chi connectivity index (χ3v) is 3.36. The maximum absolute atomic E-state index is 13.8. The zero-order valence-corrected chi connectivity index (χ0v) is 12.8. The zero-order chi connectivity index (χ0) is 15.9. The lowest BCUT2D eigenvalue weighted by Crippen LogP contribution is -2.48. The molecular weight excluding hydrogens is 291 g/mol. The van der Waals surface area contributed by atoms with E-state index in [0.717, 1.165) is 0 Å². The van der Waals surface area contributed by atoms with Crippen LogP contribution < -0.4 is 10.1 Å². The van der Waals surface area contributed by atoms with Gasteiger partial charge in [0, 0.05) is 13.2 Å². The Bertz CT molecular complexity index is 512. The van der Waals surface area contributed by atoms with Gasteiger partial charge in [-0.2, -0.15) is 0 Å². The SMILES string of the molecule is CCOCC1CN(C(=O)Nc2c(F)cccc2OC)CCO1. The number of morpholine rings is 1. The Kier molecular flexibility index (Phi) is 5.97. The number of anilines is 1. The molecule has 1 aromatic rings. The first-order valence-electron chi connectivity index (χ1n) is 7.23. The summed E-state index contributed by atoms with van der Waals surface area (Å²) in [7, 11) is 1.43. The van der Waals surface area contributed by atoms with Gasteiger partial charge in [-0.3, -0.25) is 0 Å². The minimum atomic E-state index is -0.535. The number of urea groups is 1. The van der Waals surface area contributed by atoms with Crippen LogP contribution in [0, 0.1) is 5.82 Å². The largest absolute Gasteiger partial charge is 0.494 e. The van der Waals surface area contributed by atoms with E-state index in [4.69, 9.17) is 14.2 Å². The van der Waals surface area contributed by atoms with Crippen molar-refractivity contribution in [3.63, 3.8) is 0 Å². The quantitative estimate of drug-likeness (QED) is 0.904. The van der Waals surface area contributed by atoms with Crippen LogP contribution in [0.1, 0.15) is 6.92 Å². The second-order valence-electron chi connectivity index (χ2n) is 4.85. The van der Waals surface area contributed by atoms with E-state index in [0.29, 0.717) is 32.9 Å². The van der Waals surface area contributed by atoms with Crippen LogP contribution in [0.25, 0.3) is 0 Å². The molecule has 1 N–H and O–H groups in total. The normalized spacial score (nSPS) is 18.1. The molecule has 122 valence electrons. The fourth-order valence-electron chi connectivity index (χ4n) is 2.24. The van der Waals surface area contributed by atoms with Crippen molar-refractivity contribution in [1.82, 2.24) is 4.90 Å². The van der Waals surface area contributed by atoms with Gasteiger partial charge < -0.3 is 24.4 Å². The number of methoxy groups -OCH3 is 1. The van der Waals surface area contributed by atoms with Crippen molar-refractivity contribution in [2.75, 3.05) is 45.3 Å². The Morgan fingerprint density at radius 2 is 2.36 bits per heavy atom. The average Bonchev–Trinajstić information content (AvgIpc) is 2.55. The molecule has 6 nitrogen and oxygen atoms in total. The van der Waals surface area contributed by atoms with Crippen molar-refractivity contribution in [2.24, 2.45) is 0 Å². The molecule has 0 aliphatic carbocycles. The van der Waals surface area contributed by atoms with Gasteiger partial charge in [-0.05, 0) is 19.1 Å². The third kappa shape index (κ3) is 4.08. The van der Waals surface area contributed by atoms with Crippen molar-refractivity contribution in [1.29, 1.82) is 0 Å². The minimum Gasteiger partial charge on any atom is -0.494 e. The van der Waals surface area contributed by atoms with Gasteiger partial charge in [0.2, 0.25) is 0 Å². The number of carbonyl (C=O) groups excluding carboxylic acids is 1. The van der Waals surface area contributed by atoms with E-state index in [9.17, 15) is 9.18 Å². The monoisotopic (exact) mass is 312 g/mol. The third-order valence-electron chi connectivity index (χ3n) is 3.36. The summed E-state index contributed by atoms with van der Waals surface area (Å²) in [4.78, 5) is 13.9. The number of halogens is 1. The first kappa shape index (κ1) is 16.5. The van der Waals surface area contributed by atoms with E-state index < -0.39 is 5.82 Å². The van der Waals surface area contributed by atoms with Crippen LogP contribution in [0.3, 0.4) is 0 Å². The summed E-state index contributed by atoms with van der Waals surface area (Å²) in [6.07, 6.45) is -0.165. The maximum atomic E-state index is 13.8. The van der Waals surface area contributed by atoms with Crippen molar-refractivity contribution >= 4 is 11.7 Å². The van der Waals surface area contributed by atoms with E-state index in [-0.39, 0.29) is 23.6 Å². The van der Waals surface area contributed by atoms with Gasteiger partial charge in [0.15, 0.2) is 5.82 Å². The topological polar surface area (TPSA) is 60.0 Å². The first-order chi connectivity index (χ1) is 10.7. The highest BCUT2D eigenvalue weighted by atomic mass is 19.1. The van der Waals surface area contributed by atoms with Crippen molar-refractivity contribution in [3.05, 3.63) is 24.0 Å². The highest BCUT2D eigenvalue weighted by Crippen LogP contribution is 2.27. The van der Waals surface area contributed by atoms with Crippen LogP contribution >= 0.6 is 0 Å². The predicted molar refractivity (Wildman–Crippen MR) is 79.8 cm³/mol. The highest BCUT2D eigenvalue weighted by molar-refractivity contribution is 5.91. The lowest BCUT2D eigenvalue weighted by molar-refractivity contribution is -0.0555. The molecule has 1 aliphatic rings. The fourth-order valence-corrected chi connectivity index (χ4v) is 2.24. The van der Waals surface area contributed by atoms with E-state index in [2.05, 4.69) is 5.32 Å². The summed E-state index contributed by atoms with van der Waals surface area (Å²) in [5.74, 6) is -0.251. The van der Waals surface area contributed by atoms with Crippen LogP contribution in [0.15, 0.2) is 18.2 Å². The number of nitrogens with zero attached hydrogens (tertiary/aromatic N) is 1. The average molecular weight is 312 g/mol. The molecule has 0 radical (unpaired) electrons.